The first kappa shape index (κ1) is 13.7. The molecular formula is C13H20N4O2. The second kappa shape index (κ2) is 5.97. The summed E-state index contributed by atoms with van der Waals surface area (Å²) in [5, 5.41) is 5.70. The number of piperidine rings is 1. The number of aromatic nitrogens is 2. The van der Waals surface area contributed by atoms with Crippen LogP contribution in [0.1, 0.15) is 38.4 Å². The standard InChI is InChI=1S/C13H20N4O2/c1-9(2)5-14-6-10-7-15-8-17(10)11-3-4-12(18)16-13(11)19/h7-9,11,14H,3-6H2,1-2H3,(H,16,18,19). The molecule has 2 amide bonds. The van der Waals surface area contributed by atoms with Gasteiger partial charge in [-0.25, -0.2) is 4.98 Å². The van der Waals surface area contributed by atoms with E-state index in [4.69, 9.17) is 0 Å². The molecule has 0 radical (unpaired) electrons. The second-order valence-electron chi connectivity index (χ2n) is 5.28. The van der Waals surface area contributed by atoms with Gasteiger partial charge in [0.05, 0.1) is 12.0 Å². The molecule has 1 aliphatic heterocycles. The summed E-state index contributed by atoms with van der Waals surface area (Å²) < 4.78 is 1.86. The maximum atomic E-state index is 11.8. The highest BCUT2D eigenvalue weighted by molar-refractivity contribution is 5.99. The number of nitrogens with zero attached hydrogens (tertiary/aromatic N) is 2. The van der Waals surface area contributed by atoms with Gasteiger partial charge in [0.15, 0.2) is 0 Å². The van der Waals surface area contributed by atoms with Crippen LogP contribution in [0.4, 0.5) is 0 Å². The number of rotatable bonds is 5. The predicted molar refractivity (Wildman–Crippen MR) is 70.2 cm³/mol. The number of carbonyl (C=O) groups is 2. The molecule has 0 saturated carbocycles. The Labute approximate surface area is 112 Å². The Bertz CT molecular complexity index is 467. The van der Waals surface area contributed by atoms with Crippen LogP contribution in [0.3, 0.4) is 0 Å². The summed E-state index contributed by atoms with van der Waals surface area (Å²) in [5.41, 5.74) is 0.968. The molecule has 1 unspecified atom stereocenters. The summed E-state index contributed by atoms with van der Waals surface area (Å²) in [7, 11) is 0. The van der Waals surface area contributed by atoms with Crippen molar-refractivity contribution >= 4 is 11.8 Å². The van der Waals surface area contributed by atoms with Crippen molar-refractivity contribution in [1.82, 2.24) is 20.2 Å². The van der Waals surface area contributed by atoms with Crippen LogP contribution >= 0.6 is 0 Å². The van der Waals surface area contributed by atoms with Gasteiger partial charge in [0.2, 0.25) is 11.8 Å². The molecule has 0 aromatic carbocycles. The number of imidazole rings is 1. The van der Waals surface area contributed by atoms with E-state index in [-0.39, 0.29) is 17.9 Å². The molecule has 2 rings (SSSR count). The maximum absolute atomic E-state index is 11.8. The van der Waals surface area contributed by atoms with E-state index in [1.54, 1.807) is 12.5 Å². The van der Waals surface area contributed by atoms with Crippen molar-refractivity contribution < 1.29 is 9.59 Å². The molecule has 6 nitrogen and oxygen atoms in total. The Morgan fingerprint density at radius 1 is 1.53 bits per heavy atom. The van der Waals surface area contributed by atoms with Crippen molar-refractivity contribution in [2.75, 3.05) is 6.54 Å². The van der Waals surface area contributed by atoms with E-state index in [9.17, 15) is 9.59 Å². The van der Waals surface area contributed by atoms with Crippen molar-refractivity contribution in [2.24, 2.45) is 5.92 Å². The van der Waals surface area contributed by atoms with Crippen molar-refractivity contribution in [3.63, 3.8) is 0 Å². The highest BCUT2D eigenvalue weighted by Gasteiger charge is 2.28. The summed E-state index contributed by atoms with van der Waals surface area (Å²) >= 11 is 0. The van der Waals surface area contributed by atoms with Crippen LogP contribution in [0, 0.1) is 5.92 Å². The zero-order chi connectivity index (χ0) is 13.8. The van der Waals surface area contributed by atoms with E-state index in [0.29, 0.717) is 25.3 Å². The SMILES string of the molecule is CC(C)CNCc1cncn1C1CCC(=O)NC1=O. The third-order valence-electron chi connectivity index (χ3n) is 3.15. The van der Waals surface area contributed by atoms with Gasteiger partial charge < -0.3 is 9.88 Å². The average molecular weight is 264 g/mol. The van der Waals surface area contributed by atoms with Crippen molar-refractivity contribution in [3.8, 4) is 0 Å². The van der Waals surface area contributed by atoms with Crippen molar-refractivity contribution in [3.05, 3.63) is 18.2 Å². The minimum atomic E-state index is -0.323. The summed E-state index contributed by atoms with van der Waals surface area (Å²) in [6, 6.07) is -0.323. The lowest BCUT2D eigenvalue weighted by Crippen LogP contribution is -2.42. The lowest BCUT2D eigenvalue weighted by atomic mass is 10.1. The molecule has 0 spiro atoms. The number of hydrogen-bond acceptors (Lipinski definition) is 4. The zero-order valence-corrected chi connectivity index (χ0v) is 11.3. The fourth-order valence-corrected chi connectivity index (χ4v) is 2.19. The zero-order valence-electron chi connectivity index (χ0n) is 11.3. The molecule has 1 aliphatic rings. The van der Waals surface area contributed by atoms with Gasteiger partial charge in [0.1, 0.15) is 6.04 Å². The summed E-state index contributed by atoms with van der Waals surface area (Å²) in [5.74, 6) is 0.146. The predicted octanol–water partition coefficient (Wildman–Crippen LogP) is 0.606. The number of imide groups is 1. The third kappa shape index (κ3) is 3.41. The quantitative estimate of drug-likeness (QED) is 0.764. The Balaban J connectivity index is 2.02. The van der Waals surface area contributed by atoms with E-state index in [0.717, 1.165) is 12.2 Å². The molecule has 0 aliphatic carbocycles. The van der Waals surface area contributed by atoms with Gasteiger partial charge in [0.25, 0.3) is 0 Å². The third-order valence-corrected chi connectivity index (χ3v) is 3.15. The molecule has 1 aromatic rings. The fraction of sp³-hybridized carbons (Fsp3) is 0.615. The van der Waals surface area contributed by atoms with Gasteiger partial charge in [-0.2, -0.15) is 0 Å². The fourth-order valence-electron chi connectivity index (χ4n) is 2.19. The van der Waals surface area contributed by atoms with Crippen molar-refractivity contribution in [1.29, 1.82) is 0 Å². The van der Waals surface area contributed by atoms with Gasteiger partial charge in [0, 0.05) is 19.2 Å². The van der Waals surface area contributed by atoms with E-state index >= 15 is 0 Å². The van der Waals surface area contributed by atoms with Crippen LogP contribution in [0.2, 0.25) is 0 Å². The first-order valence-corrected chi connectivity index (χ1v) is 6.63. The first-order valence-electron chi connectivity index (χ1n) is 6.63. The summed E-state index contributed by atoms with van der Waals surface area (Å²) in [6.45, 7) is 5.88. The van der Waals surface area contributed by atoms with Gasteiger partial charge in [-0.1, -0.05) is 13.8 Å². The normalized spacial score (nSPS) is 19.8. The molecule has 1 aromatic heterocycles. The maximum Gasteiger partial charge on any atom is 0.249 e. The molecule has 2 heterocycles. The number of hydrogen-bond donors (Lipinski definition) is 2. The van der Waals surface area contributed by atoms with Crippen LogP contribution < -0.4 is 10.6 Å². The van der Waals surface area contributed by atoms with Crippen molar-refractivity contribution in [2.45, 2.75) is 39.3 Å². The number of amides is 2. The van der Waals surface area contributed by atoms with Gasteiger partial charge in [-0.3, -0.25) is 14.9 Å². The lowest BCUT2D eigenvalue weighted by molar-refractivity contribution is -0.135. The van der Waals surface area contributed by atoms with Crippen LogP contribution in [0.25, 0.3) is 0 Å². The van der Waals surface area contributed by atoms with Gasteiger partial charge in [-0.15, -0.1) is 0 Å². The minimum absolute atomic E-state index is 0.194. The molecule has 0 bridgehead atoms. The Kier molecular flexibility index (Phi) is 4.31. The highest BCUT2D eigenvalue weighted by Crippen LogP contribution is 2.20. The topological polar surface area (TPSA) is 76.0 Å². The smallest absolute Gasteiger partial charge is 0.249 e. The van der Waals surface area contributed by atoms with E-state index in [1.165, 1.54) is 0 Å². The number of nitrogens with one attached hydrogen (secondary N) is 2. The molecule has 2 N–H and O–H groups in total. The second-order valence-corrected chi connectivity index (χ2v) is 5.28. The highest BCUT2D eigenvalue weighted by atomic mass is 16.2. The number of carbonyl (C=O) groups excluding carboxylic acids is 2. The molecule has 19 heavy (non-hydrogen) atoms. The summed E-state index contributed by atoms with van der Waals surface area (Å²) in [4.78, 5) is 27.1. The molecule has 1 saturated heterocycles. The van der Waals surface area contributed by atoms with Gasteiger partial charge in [-0.05, 0) is 18.9 Å². The summed E-state index contributed by atoms with van der Waals surface area (Å²) in [6.07, 6.45) is 4.34. The molecule has 1 fully saturated rings. The van der Waals surface area contributed by atoms with E-state index in [1.807, 2.05) is 4.57 Å². The Morgan fingerprint density at radius 3 is 3.00 bits per heavy atom. The van der Waals surface area contributed by atoms with Crippen LogP contribution in [-0.4, -0.2) is 27.9 Å². The molecule has 104 valence electrons. The molecule has 6 heteroatoms. The molecule has 1 atom stereocenters. The minimum Gasteiger partial charge on any atom is -0.321 e. The van der Waals surface area contributed by atoms with E-state index < -0.39 is 0 Å². The monoisotopic (exact) mass is 264 g/mol. The lowest BCUT2D eigenvalue weighted by Gasteiger charge is -2.23. The van der Waals surface area contributed by atoms with Crippen LogP contribution in [0.15, 0.2) is 12.5 Å². The van der Waals surface area contributed by atoms with Crippen LogP contribution in [-0.2, 0) is 16.1 Å². The first-order chi connectivity index (χ1) is 9.08. The van der Waals surface area contributed by atoms with E-state index in [2.05, 4.69) is 29.5 Å². The van der Waals surface area contributed by atoms with Gasteiger partial charge >= 0.3 is 0 Å². The molecular weight excluding hydrogens is 244 g/mol. The largest absolute Gasteiger partial charge is 0.321 e. The average Bonchev–Trinajstić information content (AvgIpc) is 2.77. The van der Waals surface area contributed by atoms with Crippen LogP contribution in [0.5, 0.6) is 0 Å². The Morgan fingerprint density at radius 2 is 2.32 bits per heavy atom. The Hall–Kier alpha value is -1.69.